The predicted molar refractivity (Wildman–Crippen MR) is 108 cm³/mol. The lowest BCUT2D eigenvalue weighted by molar-refractivity contribution is -0.130. The van der Waals surface area contributed by atoms with E-state index in [1.165, 1.54) is 17.0 Å². The quantitative estimate of drug-likeness (QED) is 0.682. The number of ether oxygens (including phenoxy) is 1. The Kier molecular flexibility index (Phi) is 6.19. The molecule has 2 N–H and O–H groups in total. The maximum absolute atomic E-state index is 12.7. The number of carbonyl (C=O) groups excluding carboxylic acids is 2. The number of para-hydroxylation sites is 1. The van der Waals surface area contributed by atoms with Crippen LogP contribution in [0, 0.1) is 0 Å². The lowest BCUT2D eigenvalue weighted by atomic mass is 10.2. The van der Waals surface area contributed by atoms with E-state index in [0.29, 0.717) is 5.69 Å². The van der Waals surface area contributed by atoms with Crippen LogP contribution in [0.5, 0.6) is 5.75 Å². The van der Waals surface area contributed by atoms with Crippen molar-refractivity contribution in [1.29, 1.82) is 0 Å². The zero-order valence-electron chi connectivity index (χ0n) is 16.2. The fourth-order valence-electron chi connectivity index (χ4n) is 2.48. The summed E-state index contributed by atoms with van der Waals surface area (Å²) in [5, 5.41) is 2.68. The van der Waals surface area contributed by atoms with Crippen molar-refractivity contribution >= 4 is 27.5 Å². The van der Waals surface area contributed by atoms with Gasteiger partial charge in [-0.2, -0.15) is 0 Å². The number of likely N-dealkylation sites (N-methyl/N-ethyl adjacent to an activating group) is 1. The van der Waals surface area contributed by atoms with Crippen LogP contribution in [0.4, 0.5) is 5.69 Å². The highest BCUT2D eigenvalue weighted by Gasteiger charge is 2.28. The zero-order chi connectivity index (χ0) is 21.0. The molecular formula is C20H23N3O5S. The van der Waals surface area contributed by atoms with Crippen LogP contribution in [0.2, 0.25) is 0 Å². The zero-order valence-corrected chi connectivity index (χ0v) is 17.0. The largest absolute Gasteiger partial charge is 0.483 e. The van der Waals surface area contributed by atoms with Gasteiger partial charge in [-0.1, -0.05) is 18.2 Å². The van der Waals surface area contributed by atoms with E-state index in [0.717, 1.165) is 12.8 Å². The van der Waals surface area contributed by atoms with Crippen LogP contribution in [0.25, 0.3) is 0 Å². The molecule has 0 atom stereocenters. The molecule has 154 valence electrons. The Hall–Kier alpha value is -2.91. The van der Waals surface area contributed by atoms with Crippen molar-refractivity contribution in [3.8, 4) is 5.75 Å². The number of carbonyl (C=O) groups is 2. The first kappa shape index (κ1) is 20.8. The molecule has 8 nitrogen and oxygen atoms in total. The van der Waals surface area contributed by atoms with Gasteiger partial charge in [-0.25, -0.2) is 13.1 Å². The number of amides is 2. The van der Waals surface area contributed by atoms with Crippen LogP contribution in [0.1, 0.15) is 23.2 Å². The van der Waals surface area contributed by atoms with Gasteiger partial charge in [0.25, 0.3) is 11.8 Å². The first-order valence-electron chi connectivity index (χ1n) is 9.12. The summed E-state index contributed by atoms with van der Waals surface area (Å²) in [5.74, 6) is -0.441. The Labute approximate surface area is 169 Å². The van der Waals surface area contributed by atoms with E-state index in [-0.39, 0.29) is 34.8 Å². The van der Waals surface area contributed by atoms with Crippen molar-refractivity contribution in [2.24, 2.45) is 0 Å². The maximum Gasteiger partial charge on any atom is 0.259 e. The Morgan fingerprint density at radius 3 is 2.52 bits per heavy atom. The highest BCUT2D eigenvalue weighted by Crippen LogP contribution is 2.24. The molecule has 1 aliphatic rings. The molecule has 3 rings (SSSR count). The molecule has 0 spiro atoms. The van der Waals surface area contributed by atoms with Gasteiger partial charge >= 0.3 is 0 Å². The molecule has 2 amide bonds. The monoisotopic (exact) mass is 417 g/mol. The lowest BCUT2D eigenvalue weighted by Gasteiger charge is -2.14. The molecule has 0 aliphatic heterocycles. The van der Waals surface area contributed by atoms with E-state index in [1.54, 1.807) is 50.5 Å². The summed E-state index contributed by atoms with van der Waals surface area (Å²) >= 11 is 0. The van der Waals surface area contributed by atoms with Gasteiger partial charge < -0.3 is 15.0 Å². The summed E-state index contributed by atoms with van der Waals surface area (Å²) in [5.41, 5.74) is 0.580. The van der Waals surface area contributed by atoms with E-state index in [2.05, 4.69) is 10.0 Å². The normalized spacial score (nSPS) is 13.6. The fraction of sp³-hybridized carbons (Fsp3) is 0.300. The van der Waals surface area contributed by atoms with Gasteiger partial charge in [0.05, 0.1) is 10.5 Å². The van der Waals surface area contributed by atoms with Gasteiger partial charge in [0, 0.05) is 25.8 Å². The van der Waals surface area contributed by atoms with Gasteiger partial charge in [-0.3, -0.25) is 9.59 Å². The Morgan fingerprint density at radius 1 is 1.10 bits per heavy atom. The molecule has 0 saturated heterocycles. The van der Waals surface area contributed by atoms with Gasteiger partial charge in [0.2, 0.25) is 10.0 Å². The number of sulfonamides is 1. The minimum absolute atomic E-state index is 0.00727. The highest BCUT2D eigenvalue weighted by atomic mass is 32.2. The first-order chi connectivity index (χ1) is 13.8. The maximum atomic E-state index is 12.7. The van der Waals surface area contributed by atoms with Crippen LogP contribution in [0.15, 0.2) is 53.4 Å². The summed E-state index contributed by atoms with van der Waals surface area (Å²) in [6, 6.07) is 12.6. The molecule has 9 heteroatoms. The molecule has 29 heavy (non-hydrogen) atoms. The van der Waals surface area contributed by atoms with Crippen molar-refractivity contribution < 1.29 is 22.7 Å². The summed E-state index contributed by atoms with van der Waals surface area (Å²) in [7, 11) is -0.394. The van der Waals surface area contributed by atoms with Gasteiger partial charge in [-0.05, 0) is 43.2 Å². The molecule has 1 aliphatic carbocycles. The number of nitrogens with zero attached hydrogens (tertiary/aromatic N) is 1. The van der Waals surface area contributed by atoms with Crippen LogP contribution >= 0.6 is 0 Å². The molecular weight excluding hydrogens is 394 g/mol. The molecule has 2 aromatic carbocycles. The standard InChI is InChI=1S/C20H23N3O5S/c1-23(2)19(24)13-28-18-9-4-3-8-17(18)20(25)21-15-6-5-7-16(12-15)29(26,27)22-14-10-11-14/h3-9,12,14,22H,10-11,13H2,1-2H3,(H,21,25). The van der Waals surface area contributed by atoms with E-state index in [9.17, 15) is 18.0 Å². The second-order valence-electron chi connectivity index (χ2n) is 6.95. The van der Waals surface area contributed by atoms with E-state index in [1.807, 2.05) is 0 Å². The third kappa shape index (κ3) is 5.55. The molecule has 1 fully saturated rings. The number of rotatable bonds is 8. The van der Waals surface area contributed by atoms with Crippen LogP contribution in [-0.4, -0.2) is 51.9 Å². The summed E-state index contributed by atoms with van der Waals surface area (Å²) in [4.78, 5) is 25.9. The Balaban J connectivity index is 1.74. The predicted octanol–water partition coefficient (Wildman–Crippen LogP) is 1.85. The molecule has 0 heterocycles. The van der Waals surface area contributed by atoms with E-state index in [4.69, 9.17) is 4.74 Å². The molecule has 0 unspecified atom stereocenters. The van der Waals surface area contributed by atoms with Crippen molar-refractivity contribution in [2.75, 3.05) is 26.0 Å². The second kappa shape index (κ2) is 8.62. The third-order valence-corrected chi connectivity index (χ3v) is 5.80. The minimum atomic E-state index is -3.62. The Bertz CT molecular complexity index is 1020. The molecule has 1 saturated carbocycles. The van der Waals surface area contributed by atoms with Crippen molar-refractivity contribution in [1.82, 2.24) is 9.62 Å². The third-order valence-electron chi connectivity index (χ3n) is 4.28. The lowest BCUT2D eigenvalue weighted by Crippen LogP contribution is -2.28. The number of benzene rings is 2. The van der Waals surface area contributed by atoms with Crippen LogP contribution in [0.3, 0.4) is 0 Å². The molecule has 2 aromatic rings. The molecule has 0 radical (unpaired) electrons. The second-order valence-corrected chi connectivity index (χ2v) is 8.66. The van der Waals surface area contributed by atoms with Gasteiger partial charge in [0.1, 0.15) is 5.75 Å². The van der Waals surface area contributed by atoms with Gasteiger partial charge in [-0.15, -0.1) is 0 Å². The number of nitrogens with one attached hydrogen (secondary N) is 2. The average molecular weight is 417 g/mol. The SMILES string of the molecule is CN(C)C(=O)COc1ccccc1C(=O)Nc1cccc(S(=O)(=O)NC2CC2)c1. The number of anilines is 1. The van der Waals surface area contributed by atoms with E-state index < -0.39 is 15.9 Å². The van der Waals surface area contributed by atoms with Gasteiger partial charge in [0.15, 0.2) is 6.61 Å². The minimum Gasteiger partial charge on any atom is -0.483 e. The number of hydrogen-bond acceptors (Lipinski definition) is 5. The van der Waals surface area contributed by atoms with Crippen LogP contribution in [-0.2, 0) is 14.8 Å². The smallest absolute Gasteiger partial charge is 0.259 e. The Morgan fingerprint density at radius 2 is 1.83 bits per heavy atom. The average Bonchev–Trinajstić information content (AvgIpc) is 3.49. The molecule has 0 bridgehead atoms. The number of hydrogen-bond donors (Lipinski definition) is 2. The van der Waals surface area contributed by atoms with Crippen molar-refractivity contribution in [2.45, 2.75) is 23.8 Å². The summed E-state index contributed by atoms with van der Waals surface area (Å²) in [6.07, 6.45) is 1.67. The highest BCUT2D eigenvalue weighted by molar-refractivity contribution is 7.89. The molecule has 0 aromatic heterocycles. The first-order valence-corrected chi connectivity index (χ1v) is 10.6. The fourth-order valence-corrected chi connectivity index (χ4v) is 3.83. The van der Waals surface area contributed by atoms with Crippen molar-refractivity contribution in [3.63, 3.8) is 0 Å². The van der Waals surface area contributed by atoms with E-state index >= 15 is 0 Å². The van der Waals surface area contributed by atoms with Crippen molar-refractivity contribution in [3.05, 3.63) is 54.1 Å². The summed E-state index contributed by atoms with van der Waals surface area (Å²) in [6.45, 7) is -0.197. The summed E-state index contributed by atoms with van der Waals surface area (Å²) < 4.78 is 32.8. The topological polar surface area (TPSA) is 105 Å². The van der Waals surface area contributed by atoms with Crippen LogP contribution < -0.4 is 14.8 Å².